The van der Waals surface area contributed by atoms with Crippen molar-refractivity contribution in [1.29, 1.82) is 0 Å². The predicted octanol–water partition coefficient (Wildman–Crippen LogP) is 1.17. The fourth-order valence-corrected chi connectivity index (χ4v) is 2.94. The molecule has 124 valence electrons. The topological polar surface area (TPSA) is 75.4 Å². The zero-order valence-electron chi connectivity index (χ0n) is 13.1. The first kappa shape index (κ1) is 15.9. The number of hydrogen-bond donors (Lipinski definition) is 2. The Hall–Kier alpha value is -1.95. The number of benzene rings is 1. The number of amides is 2. The zero-order chi connectivity index (χ0) is 16.4. The van der Waals surface area contributed by atoms with Crippen LogP contribution in [0.25, 0.3) is 0 Å². The highest BCUT2D eigenvalue weighted by molar-refractivity contribution is 5.89. The van der Waals surface area contributed by atoms with E-state index >= 15 is 0 Å². The maximum absolute atomic E-state index is 12.8. The minimum atomic E-state index is -0.627. The second-order valence-electron chi connectivity index (χ2n) is 6.57. The highest BCUT2D eigenvalue weighted by Gasteiger charge is 2.48. The van der Waals surface area contributed by atoms with Crippen LogP contribution in [-0.2, 0) is 16.1 Å². The van der Waals surface area contributed by atoms with Crippen LogP contribution in [0.3, 0.4) is 0 Å². The van der Waals surface area contributed by atoms with E-state index in [0.717, 1.165) is 18.4 Å². The van der Waals surface area contributed by atoms with Crippen molar-refractivity contribution in [2.75, 3.05) is 13.1 Å². The first-order valence-electron chi connectivity index (χ1n) is 8.08. The van der Waals surface area contributed by atoms with Crippen molar-refractivity contribution in [2.45, 2.75) is 37.8 Å². The summed E-state index contributed by atoms with van der Waals surface area (Å²) in [6.45, 7) is 1.57. The highest BCUT2D eigenvalue weighted by Crippen LogP contribution is 2.35. The van der Waals surface area contributed by atoms with Gasteiger partial charge in [0, 0.05) is 25.6 Å². The molecule has 6 heteroatoms. The number of likely N-dealkylation sites (tertiary alicyclic amines) is 1. The highest BCUT2D eigenvalue weighted by atomic mass is 19.1. The van der Waals surface area contributed by atoms with Gasteiger partial charge in [-0.1, -0.05) is 12.1 Å². The lowest BCUT2D eigenvalue weighted by Gasteiger charge is -2.33. The van der Waals surface area contributed by atoms with Gasteiger partial charge in [-0.25, -0.2) is 4.39 Å². The lowest BCUT2D eigenvalue weighted by molar-refractivity contribution is -0.137. The van der Waals surface area contributed by atoms with Crippen LogP contribution in [0.5, 0.6) is 0 Å². The molecule has 1 aliphatic heterocycles. The zero-order valence-corrected chi connectivity index (χ0v) is 13.1. The number of piperidine rings is 1. The number of rotatable bonds is 4. The molecule has 2 fully saturated rings. The molecule has 5 nitrogen and oxygen atoms in total. The van der Waals surface area contributed by atoms with Gasteiger partial charge in [0.2, 0.25) is 11.8 Å². The van der Waals surface area contributed by atoms with Gasteiger partial charge < -0.3 is 16.0 Å². The molecule has 0 radical (unpaired) electrons. The maximum Gasteiger partial charge on any atom is 0.242 e. The third-order valence-electron chi connectivity index (χ3n) is 4.75. The van der Waals surface area contributed by atoms with Crippen LogP contribution in [0.2, 0.25) is 0 Å². The van der Waals surface area contributed by atoms with Gasteiger partial charge in [-0.15, -0.1) is 0 Å². The minimum absolute atomic E-state index is 0.00434. The van der Waals surface area contributed by atoms with E-state index in [-0.39, 0.29) is 23.5 Å². The summed E-state index contributed by atoms with van der Waals surface area (Å²) in [6.07, 6.45) is 2.86. The van der Waals surface area contributed by atoms with Gasteiger partial charge in [0.1, 0.15) is 5.82 Å². The Kier molecular flexibility index (Phi) is 4.35. The van der Waals surface area contributed by atoms with E-state index in [4.69, 9.17) is 5.73 Å². The smallest absolute Gasteiger partial charge is 0.242 e. The fourth-order valence-electron chi connectivity index (χ4n) is 2.94. The summed E-state index contributed by atoms with van der Waals surface area (Å²) in [4.78, 5) is 26.2. The molecule has 0 atom stereocenters. The second-order valence-corrected chi connectivity index (χ2v) is 6.57. The Balaban J connectivity index is 1.44. The summed E-state index contributed by atoms with van der Waals surface area (Å²) in [6, 6.07) is 6.08. The van der Waals surface area contributed by atoms with Gasteiger partial charge in [0.05, 0.1) is 5.54 Å². The normalized spacial score (nSPS) is 20.2. The molecule has 1 heterocycles. The molecular weight excluding hydrogens is 297 g/mol. The molecule has 0 spiro atoms. The molecule has 3 N–H and O–H groups in total. The Morgan fingerprint density at radius 3 is 2.39 bits per heavy atom. The summed E-state index contributed by atoms with van der Waals surface area (Å²) in [5, 5.41) is 2.89. The van der Waals surface area contributed by atoms with Crippen LogP contribution in [-0.4, -0.2) is 35.3 Å². The average Bonchev–Trinajstić information content (AvgIpc) is 3.32. The van der Waals surface area contributed by atoms with E-state index in [9.17, 15) is 14.0 Å². The molecule has 1 saturated carbocycles. The van der Waals surface area contributed by atoms with Gasteiger partial charge in [-0.3, -0.25) is 9.59 Å². The van der Waals surface area contributed by atoms with Gasteiger partial charge in [-0.2, -0.15) is 0 Å². The lowest BCUT2D eigenvalue weighted by atomic mass is 9.95. The Morgan fingerprint density at radius 2 is 1.83 bits per heavy atom. The van der Waals surface area contributed by atoms with Crippen LogP contribution in [0, 0.1) is 11.7 Å². The van der Waals surface area contributed by atoms with Gasteiger partial charge in [0.15, 0.2) is 0 Å². The standard InChI is InChI=1S/C17H22FN3O2/c18-14-3-1-12(2-4-14)11-20-15(22)13-5-9-21(10-6-13)16(23)17(19)7-8-17/h1-4,13H,5-11,19H2,(H,20,22). The molecule has 0 bridgehead atoms. The Labute approximate surface area is 135 Å². The molecule has 1 saturated heterocycles. The summed E-state index contributed by atoms with van der Waals surface area (Å²) in [5.41, 5.74) is 6.18. The molecular formula is C17H22FN3O2. The monoisotopic (exact) mass is 319 g/mol. The van der Waals surface area contributed by atoms with E-state index in [0.29, 0.717) is 32.5 Å². The molecule has 1 aromatic rings. The summed E-state index contributed by atoms with van der Waals surface area (Å²) >= 11 is 0. The van der Waals surface area contributed by atoms with Crippen molar-refractivity contribution in [3.05, 3.63) is 35.6 Å². The van der Waals surface area contributed by atoms with Crippen LogP contribution in [0.15, 0.2) is 24.3 Å². The molecule has 0 unspecified atom stereocenters. The van der Waals surface area contributed by atoms with Crippen LogP contribution in [0.1, 0.15) is 31.2 Å². The second kappa shape index (κ2) is 6.28. The van der Waals surface area contributed by atoms with Crippen molar-refractivity contribution in [3.63, 3.8) is 0 Å². The molecule has 0 aromatic heterocycles. The van der Waals surface area contributed by atoms with Crippen LogP contribution < -0.4 is 11.1 Å². The summed E-state index contributed by atoms with van der Waals surface area (Å²) in [7, 11) is 0. The summed E-state index contributed by atoms with van der Waals surface area (Å²) in [5.74, 6) is -0.337. The summed E-state index contributed by atoms with van der Waals surface area (Å²) < 4.78 is 12.8. The van der Waals surface area contributed by atoms with Crippen molar-refractivity contribution in [1.82, 2.24) is 10.2 Å². The van der Waals surface area contributed by atoms with Crippen LogP contribution in [0.4, 0.5) is 4.39 Å². The lowest BCUT2D eigenvalue weighted by Crippen LogP contribution is -2.50. The van der Waals surface area contributed by atoms with Gasteiger partial charge >= 0.3 is 0 Å². The van der Waals surface area contributed by atoms with Crippen molar-refractivity contribution >= 4 is 11.8 Å². The van der Waals surface area contributed by atoms with E-state index in [1.54, 1.807) is 17.0 Å². The quantitative estimate of drug-likeness (QED) is 0.875. The third-order valence-corrected chi connectivity index (χ3v) is 4.75. The number of nitrogens with one attached hydrogen (secondary N) is 1. The third kappa shape index (κ3) is 3.69. The van der Waals surface area contributed by atoms with Crippen molar-refractivity contribution in [2.24, 2.45) is 11.7 Å². The predicted molar refractivity (Wildman–Crippen MR) is 83.7 cm³/mol. The number of hydrogen-bond acceptors (Lipinski definition) is 3. The molecule has 23 heavy (non-hydrogen) atoms. The van der Waals surface area contributed by atoms with Gasteiger partial charge in [0.25, 0.3) is 0 Å². The Morgan fingerprint density at radius 1 is 1.22 bits per heavy atom. The molecule has 3 rings (SSSR count). The first-order chi connectivity index (χ1) is 11.0. The Bertz CT molecular complexity index is 590. The van der Waals surface area contributed by atoms with Gasteiger partial charge in [-0.05, 0) is 43.4 Å². The number of carbonyl (C=O) groups is 2. The molecule has 2 aliphatic rings. The molecule has 1 aliphatic carbocycles. The van der Waals surface area contributed by atoms with E-state index < -0.39 is 5.54 Å². The van der Waals surface area contributed by atoms with E-state index in [2.05, 4.69) is 5.32 Å². The SMILES string of the molecule is NC1(C(=O)N2CCC(C(=O)NCc3ccc(F)cc3)CC2)CC1. The number of carbonyl (C=O) groups excluding carboxylic acids is 2. The van der Waals surface area contributed by atoms with E-state index in [1.165, 1.54) is 12.1 Å². The van der Waals surface area contributed by atoms with Crippen molar-refractivity contribution in [3.8, 4) is 0 Å². The maximum atomic E-state index is 12.8. The number of nitrogens with zero attached hydrogens (tertiary/aromatic N) is 1. The van der Waals surface area contributed by atoms with E-state index in [1.807, 2.05) is 0 Å². The average molecular weight is 319 g/mol. The van der Waals surface area contributed by atoms with Crippen molar-refractivity contribution < 1.29 is 14.0 Å². The largest absolute Gasteiger partial charge is 0.352 e. The van der Waals surface area contributed by atoms with Crippen LogP contribution >= 0.6 is 0 Å². The molecule has 1 aromatic carbocycles. The number of halogens is 1. The first-order valence-corrected chi connectivity index (χ1v) is 8.08. The minimum Gasteiger partial charge on any atom is -0.352 e. The molecule has 2 amide bonds. The number of nitrogens with two attached hydrogens (primary N) is 1. The fraction of sp³-hybridized carbons (Fsp3) is 0.529.